The van der Waals surface area contributed by atoms with Crippen LogP contribution >= 0.6 is 11.6 Å². The number of benzene rings is 2. The molecule has 0 spiro atoms. The molecule has 0 saturated heterocycles. The summed E-state index contributed by atoms with van der Waals surface area (Å²) in [6.07, 6.45) is 0.329. The average Bonchev–Trinajstić information content (AvgIpc) is 2.81. The molecule has 2 aromatic rings. The van der Waals surface area contributed by atoms with Crippen molar-refractivity contribution in [2.75, 3.05) is 22.4 Å². The number of ketones is 1. The van der Waals surface area contributed by atoms with Crippen LogP contribution in [0.25, 0.3) is 0 Å². The van der Waals surface area contributed by atoms with Crippen LogP contribution in [0.4, 0.5) is 11.4 Å². The topological polar surface area (TPSA) is 92.8 Å². The lowest BCUT2D eigenvalue weighted by atomic mass is 10.1. The Morgan fingerprint density at radius 2 is 1.96 bits per heavy atom. The average molecular weight is 423 g/mol. The summed E-state index contributed by atoms with van der Waals surface area (Å²) >= 11 is 6.01. The molecule has 0 bridgehead atoms. The first-order valence-corrected chi connectivity index (χ1v) is 10.7. The number of ether oxygens (including phenoxy) is 1. The van der Waals surface area contributed by atoms with Crippen LogP contribution in [0.3, 0.4) is 0 Å². The van der Waals surface area contributed by atoms with Crippen molar-refractivity contribution in [3.8, 4) is 5.75 Å². The number of rotatable bonds is 4. The lowest BCUT2D eigenvalue weighted by molar-refractivity contribution is -0.122. The van der Waals surface area contributed by atoms with E-state index in [0.29, 0.717) is 22.0 Å². The van der Waals surface area contributed by atoms with E-state index in [1.54, 1.807) is 30.3 Å². The van der Waals surface area contributed by atoms with Gasteiger partial charge in [-0.25, -0.2) is 8.42 Å². The summed E-state index contributed by atoms with van der Waals surface area (Å²) in [6.45, 7) is 1.51. The van der Waals surface area contributed by atoms with Gasteiger partial charge in [-0.15, -0.1) is 0 Å². The van der Waals surface area contributed by atoms with Crippen LogP contribution < -0.4 is 14.4 Å². The molecule has 1 amide bonds. The number of anilines is 2. The van der Waals surface area contributed by atoms with Gasteiger partial charge < -0.3 is 10.1 Å². The maximum absolute atomic E-state index is 12.7. The van der Waals surface area contributed by atoms with Crippen molar-refractivity contribution in [3.05, 3.63) is 53.1 Å². The van der Waals surface area contributed by atoms with Crippen LogP contribution in [0.1, 0.15) is 23.7 Å². The number of amides is 1. The Labute approximate surface area is 168 Å². The molecule has 1 unspecified atom stereocenters. The van der Waals surface area contributed by atoms with Crippen LogP contribution in [0, 0.1) is 0 Å². The Bertz CT molecular complexity index is 1040. The van der Waals surface area contributed by atoms with E-state index < -0.39 is 22.0 Å². The maximum Gasteiger partial charge on any atom is 0.265 e. The quantitative estimate of drug-likeness (QED) is 0.764. The minimum absolute atomic E-state index is 0.0672. The normalized spacial score (nSPS) is 16.5. The van der Waals surface area contributed by atoms with Gasteiger partial charge in [0.15, 0.2) is 11.9 Å². The first-order valence-electron chi connectivity index (χ1n) is 8.51. The van der Waals surface area contributed by atoms with E-state index in [-0.39, 0.29) is 24.5 Å². The zero-order chi connectivity index (χ0) is 20.5. The van der Waals surface area contributed by atoms with Crippen LogP contribution in [0.2, 0.25) is 5.02 Å². The van der Waals surface area contributed by atoms with Crippen LogP contribution in [-0.2, 0) is 14.8 Å². The summed E-state index contributed by atoms with van der Waals surface area (Å²) in [6, 6.07) is 11.2. The molecule has 0 aliphatic carbocycles. The second-order valence-electron chi connectivity index (χ2n) is 6.47. The molecule has 1 heterocycles. The number of halogens is 1. The van der Waals surface area contributed by atoms with E-state index in [0.717, 1.165) is 6.26 Å². The Balaban J connectivity index is 1.86. The number of sulfonamides is 1. The second-order valence-corrected chi connectivity index (χ2v) is 8.81. The number of nitrogens with one attached hydrogen (secondary N) is 1. The molecule has 1 aliphatic heterocycles. The van der Waals surface area contributed by atoms with Crippen molar-refractivity contribution in [3.63, 3.8) is 0 Å². The first kappa shape index (κ1) is 20.2. The Morgan fingerprint density at radius 3 is 2.64 bits per heavy atom. The predicted octanol–water partition coefficient (Wildman–Crippen LogP) is 3.10. The van der Waals surface area contributed by atoms with Crippen molar-refractivity contribution < 1.29 is 22.7 Å². The lowest BCUT2D eigenvalue weighted by Gasteiger charge is -2.21. The molecule has 9 heteroatoms. The third-order valence-electron chi connectivity index (χ3n) is 4.28. The van der Waals surface area contributed by atoms with Gasteiger partial charge in [-0.2, -0.15) is 0 Å². The minimum atomic E-state index is -3.58. The largest absolute Gasteiger partial charge is 0.478 e. The summed E-state index contributed by atoms with van der Waals surface area (Å²) in [5, 5.41) is 3.08. The van der Waals surface area contributed by atoms with E-state index in [2.05, 4.69) is 5.32 Å². The molecule has 0 aromatic heterocycles. The third-order valence-corrected chi connectivity index (χ3v) is 5.70. The van der Waals surface area contributed by atoms with Gasteiger partial charge in [0.2, 0.25) is 10.0 Å². The highest BCUT2D eigenvalue weighted by Gasteiger charge is 2.31. The fourth-order valence-corrected chi connectivity index (χ4v) is 4.02. The summed E-state index contributed by atoms with van der Waals surface area (Å²) in [4.78, 5) is 24.2. The van der Waals surface area contributed by atoms with Gasteiger partial charge in [0.1, 0.15) is 5.75 Å². The van der Waals surface area contributed by atoms with Gasteiger partial charge in [0.05, 0.1) is 11.9 Å². The molecule has 2 aromatic carbocycles. The summed E-state index contributed by atoms with van der Waals surface area (Å²) in [7, 11) is -3.58. The van der Waals surface area contributed by atoms with Crippen LogP contribution in [-0.4, -0.2) is 39.0 Å². The molecule has 0 saturated carbocycles. The number of Topliss-reactive ketones (excluding diaryl/α,β-unsaturated/α-hetero) is 1. The number of nitrogens with zero attached hydrogens (tertiary/aromatic N) is 1. The van der Waals surface area contributed by atoms with Gasteiger partial charge in [-0.1, -0.05) is 23.7 Å². The molecular formula is C19H19ClN2O5S. The lowest BCUT2D eigenvalue weighted by Crippen LogP contribution is -2.36. The summed E-state index contributed by atoms with van der Waals surface area (Å²) < 4.78 is 31.3. The highest BCUT2D eigenvalue weighted by atomic mass is 35.5. The number of hydrogen-bond donors (Lipinski definition) is 1. The fourth-order valence-electron chi connectivity index (χ4n) is 2.92. The third kappa shape index (κ3) is 4.45. The van der Waals surface area contributed by atoms with Gasteiger partial charge >= 0.3 is 0 Å². The number of carbonyl (C=O) groups is 2. The van der Waals surface area contributed by atoms with Crippen LogP contribution in [0.15, 0.2) is 42.5 Å². The zero-order valence-corrected chi connectivity index (χ0v) is 16.9. The first-order chi connectivity index (χ1) is 13.1. The molecule has 28 heavy (non-hydrogen) atoms. The molecule has 1 N–H and O–H groups in total. The number of hydrogen-bond acceptors (Lipinski definition) is 5. The molecule has 0 radical (unpaired) electrons. The van der Waals surface area contributed by atoms with Crippen molar-refractivity contribution in [1.82, 2.24) is 0 Å². The number of carbonyl (C=O) groups excluding carboxylic acids is 2. The summed E-state index contributed by atoms with van der Waals surface area (Å²) in [5.41, 5.74) is 1.23. The van der Waals surface area contributed by atoms with Crippen LogP contribution in [0.5, 0.6) is 5.75 Å². The van der Waals surface area contributed by atoms with E-state index in [4.69, 9.17) is 16.3 Å². The Hall–Kier alpha value is -2.58. The van der Waals surface area contributed by atoms with Crippen molar-refractivity contribution in [2.45, 2.75) is 19.4 Å². The standard InChI is InChI=1S/C19H19ClN2O5S/c1-12(23)13-4-3-5-15(10-13)21-19(24)18-8-9-22(28(2,25)26)16-11-14(20)6-7-17(16)27-18/h3-7,10-11,18H,8-9H2,1-2H3,(H,21,24). The fraction of sp³-hybridized carbons (Fsp3) is 0.263. The van der Waals surface area contributed by atoms with E-state index in [1.165, 1.54) is 23.4 Å². The second kappa shape index (κ2) is 7.81. The maximum atomic E-state index is 12.7. The van der Waals surface area contributed by atoms with Crippen molar-refractivity contribution in [1.29, 1.82) is 0 Å². The van der Waals surface area contributed by atoms with Crippen molar-refractivity contribution >= 4 is 44.7 Å². The minimum Gasteiger partial charge on any atom is -0.478 e. The monoisotopic (exact) mass is 422 g/mol. The Kier molecular flexibility index (Phi) is 5.62. The SMILES string of the molecule is CC(=O)c1cccc(NC(=O)C2CCN(S(C)(=O)=O)c3cc(Cl)ccc3O2)c1. The smallest absolute Gasteiger partial charge is 0.265 e. The van der Waals surface area contributed by atoms with Gasteiger partial charge in [-0.3, -0.25) is 13.9 Å². The molecular weight excluding hydrogens is 404 g/mol. The van der Waals surface area contributed by atoms with Gasteiger partial charge in [0, 0.05) is 29.2 Å². The molecule has 148 valence electrons. The molecule has 1 aliphatic rings. The van der Waals surface area contributed by atoms with E-state index >= 15 is 0 Å². The molecule has 7 nitrogen and oxygen atoms in total. The number of fused-ring (bicyclic) bond motifs is 1. The summed E-state index contributed by atoms with van der Waals surface area (Å²) in [5.74, 6) is -0.293. The molecule has 3 rings (SSSR count). The van der Waals surface area contributed by atoms with E-state index in [1.807, 2.05) is 0 Å². The van der Waals surface area contributed by atoms with Gasteiger partial charge in [0.25, 0.3) is 5.91 Å². The van der Waals surface area contributed by atoms with Gasteiger partial charge in [-0.05, 0) is 37.3 Å². The highest BCUT2D eigenvalue weighted by Crippen LogP contribution is 2.36. The zero-order valence-electron chi connectivity index (χ0n) is 15.3. The van der Waals surface area contributed by atoms with Crippen molar-refractivity contribution in [2.24, 2.45) is 0 Å². The molecule has 1 atom stereocenters. The highest BCUT2D eigenvalue weighted by molar-refractivity contribution is 7.92. The predicted molar refractivity (Wildman–Crippen MR) is 108 cm³/mol. The molecule has 0 fully saturated rings. The van der Waals surface area contributed by atoms with E-state index in [9.17, 15) is 18.0 Å². The Morgan fingerprint density at radius 1 is 1.21 bits per heavy atom.